The molecule has 0 saturated carbocycles. The number of carbonyl (C=O) groups is 2. The molecule has 0 unspecified atom stereocenters. The van der Waals surface area contributed by atoms with Gasteiger partial charge in [-0.3, -0.25) is 0 Å². The fourth-order valence-corrected chi connectivity index (χ4v) is 2.31. The van der Waals surface area contributed by atoms with Gasteiger partial charge >= 0.3 is 11.9 Å². The van der Waals surface area contributed by atoms with Crippen LogP contribution in [-0.4, -0.2) is 18.5 Å². The van der Waals surface area contributed by atoms with E-state index in [0.717, 1.165) is 0 Å². The summed E-state index contributed by atoms with van der Waals surface area (Å²) < 4.78 is 10.4. The monoisotopic (exact) mass is 366 g/mol. The van der Waals surface area contributed by atoms with Crippen LogP contribution in [0.1, 0.15) is 34.6 Å². The van der Waals surface area contributed by atoms with Crippen LogP contribution in [0.25, 0.3) is 0 Å². The normalized spacial score (nSPS) is 10.5. The van der Waals surface area contributed by atoms with Gasteiger partial charge in [-0.25, -0.2) is 9.59 Å². The van der Waals surface area contributed by atoms with Crippen molar-refractivity contribution in [1.29, 1.82) is 0 Å². The van der Waals surface area contributed by atoms with Crippen LogP contribution in [0.15, 0.2) is 42.5 Å². The standard InChI is InChI=1S/C18H16Cl2O4/c1-11(2)10-23-17(21)12-5-3-6-13(9-12)18(22)24-16-14(19)7-4-8-15(16)20/h3-9,11H,10H2,1-2H3. The number of hydrogen-bond donors (Lipinski definition) is 0. The van der Waals surface area contributed by atoms with Gasteiger partial charge in [0.1, 0.15) is 0 Å². The van der Waals surface area contributed by atoms with Gasteiger partial charge in [-0.2, -0.15) is 0 Å². The van der Waals surface area contributed by atoms with Crippen molar-refractivity contribution in [1.82, 2.24) is 0 Å². The maximum Gasteiger partial charge on any atom is 0.343 e. The van der Waals surface area contributed by atoms with Crippen LogP contribution in [0.2, 0.25) is 10.0 Å². The number of hydrogen-bond acceptors (Lipinski definition) is 4. The lowest BCUT2D eigenvalue weighted by Gasteiger charge is -2.10. The van der Waals surface area contributed by atoms with Crippen LogP contribution in [0.4, 0.5) is 0 Å². The van der Waals surface area contributed by atoms with E-state index in [1.54, 1.807) is 30.3 Å². The molecule has 0 spiro atoms. The Balaban J connectivity index is 2.16. The van der Waals surface area contributed by atoms with E-state index in [1.165, 1.54) is 12.1 Å². The summed E-state index contributed by atoms with van der Waals surface area (Å²) in [5.41, 5.74) is 0.473. The van der Waals surface area contributed by atoms with Gasteiger partial charge in [0.15, 0.2) is 5.75 Å². The maximum atomic E-state index is 12.3. The molecule has 0 aromatic heterocycles. The topological polar surface area (TPSA) is 52.6 Å². The zero-order chi connectivity index (χ0) is 17.7. The first kappa shape index (κ1) is 18.3. The Hall–Kier alpha value is -2.04. The molecule has 6 heteroatoms. The SMILES string of the molecule is CC(C)COC(=O)c1cccc(C(=O)Oc2c(Cl)cccc2Cl)c1. The van der Waals surface area contributed by atoms with E-state index in [2.05, 4.69) is 0 Å². The second kappa shape index (κ2) is 8.18. The molecule has 2 aromatic carbocycles. The predicted molar refractivity (Wildman–Crippen MR) is 93.0 cm³/mol. The van der Waals surface area contributed by atoms with Gasteiger partial charge < -0.3 is 9.47 Å². The van der Waals surface area contributed by atoms with Crippen LogP contribution >= 0.6 is 23.2 Å². The molecule has 24 heavy (non-hydrogen) atoms. The summed E-state index contributed by atoms with van der Waals surface area (Å²) in [6.07, 6.45) is 0. The predicted octanol–water partition coefficient (Wildman–Crippen LogP) is 5.03. The lowest BCUT2D eigenvalue weighted by molar-refractivity contribution is 0.0459. The number of esters is 2. The van der Waals surface area contributed by atoms with Gasteiger partial charge in [-0.15, -0.1) is 0 Å². The van der Waals surface area contributed by atoms with Crippen molar-refractivity contribution >= 4 is 35.1 Å². The van der Waals surface area contributed by atoms with Crippen LogP contribution in [0.3, 0.4) is 0 Å². The summed E-state index contributed by atoms with van der Waals surface area (Å²) in [6, 6.07) is 10.9. The van der Waals surface area contributed by atoms with Gasteiger partial charge in [0, 0.05) is 0 Å². The van der Waals surface area contributed by atoms with Crippen molar-refractivity contribution in [2.24, 2.45) is 5.92 Å². The molecule has 2 rings (SSSR count). The number of ether oxygens (including phenoxy) is 2. The van der Waals surface area contributed by atoms with E-state index in [4.69, 9.17) is 32.7 Å². The number of halogens is 2. The first-order valence-electron chi connectivity index (χ1n) is 7.32. The molecule has 0 radical (unpaired) electrons. The lowest BCUT2D eigenvalue weighted by atomic mass is 10.1. The molecule has 0 aliphatic heterocycles. The Morgan fingerprint density at radius 1 is 0.958 bits per heavy atom. The lowest BCUT2D eigenvalue weighted by Crippen LogP contribution is -2.13. The number of rotatable bonds is 5. The third-order valence-electron chi connectivity index (χ3n) is 3.00. The van der Waals surface area contributed by atoms with Gasteiger partial charge in [-0.05, 0) is 36.2 Å². The Morgan fingerprint density at radius 2 is 1.50 bits per heavy atom. The van der Waals surface area contributed by atoms with Crippen molar-refractivity contribution in [3.05, 3.63) is 63.6 Å². The highest BCUT2D eigenvalue weighted by Crippen LogP contribution is 2.32. The highest BCUT2D eigenvalue weighted by atomic mass is 35.5. The fraction of sp³-hybridized carbons (Fsp3) is 0.222. The maximum absolute atomic E-state index is 12.3. The molecule has 0 fully saturated rings. The zero-order valence-corrected chi connectivity index (χ0v) is 14.7. The third kappa shape index (κ3) is 4.73. The van der Waals surface area contributed by atoms with E-state index in [-0.39, 0.29) is 32.8 Å². The molecule has 4 nitrogen and oxygen atoms in total. The Labute approximate surface area is 150 Å². The fourth-order valence-electron chi connectivity index (χ4n) is 1.83. The van der Waals surface area contributed by atoms with Gasteiger partial charge in [0.25, 0.3) is 0 Å². The van der Waals surface area contributed by atoms with Crippen molar-refractivity contribution in [3.63, 3.8) is 0 Å². The molecule has 0 bridgehead atoms. The molecule has 0 heterocycles. The molecule has 0 aliphatic rings. The largest absolute Gasteiger partial charge is 0.462 e. The number of para-hydroxylation sites is 1. The minimum absolute atomic E-state index is 0.0821. The van der Waals surface area contributed by atoms with Gasteiger partial charge in [0.2, 0.25) is 0 Å². The molecule has 0 aliphatic carbocycles. The molecule has 0 amide bonds. The second-order valence-corrected chi connectivity index (χ2v) is 6.33. The van der Waals surface area contributed by atoms with Crippen LogP contribution in [0, 0.1) is 5.92 Å². The van der Waals surface area contributed by atoms with Crippen molar-refractivity contribution in [2.75, 3.05) is 6.61 Å². The van der Waals surface area contributed by atoms with Crippen molar-refractivity contribution in [3.8, 4) is 5.75 Å². The first-order valence-corrected chi connectivity index (χ1v) is 8.07. The third-order valence-corrected chi connectivity index (χ3v) is 3.59. The van der Waals surface area contributed by atoms with E-state index in [0.29, 0.717) is 6.61 Å². The van der Waals surface area contributed by atoms with Crippen LogP contribution < -0.4 is 4.74 Å². The first-order chi connectivity index (χ1) is 11.4. The molecular weight excluding hydrogens is 351 g/mol. The number of carbonyl (C=O) groups excluding carboxylic acids is 2. The van der Waals surface area contributed by atoms with E-state index >= 15 is 0 Å². The highest BCUT2D eigenvalue weighted by Gasteiger charge is 2.16. The molecule has 2 aromatic rings. The summed E-state index contributed by atoms with van der Waals surface area (Å²) in [4.78, 5) is 24.2. The summed E-state index contributed by atoms with van der Waals surface area (Å²) in [6.45, 7) is 4.19. The van der Waals surface area contributed by atoms with E-state index in [9.17, 15) is 9.59 Å². The Morgan fingerprint density at radius 3 is 2.08 bits per heavy atom. The summed E-state index contributed by atoms with van der Waals surface area (Å²) in [7, 11) is 0. The second-order valence-electron chi connectivity index (χ2n) is 5.51. The Bertz CT molecular complexity index is 736. The van der Waals surface area contributed by atoms with Crippen LogP contribution in [0.5, 0.6) is 5.75 Å². The average molecular weight is 367 g/mol. The average Bonchev–Trinajstić information content (AvgIpc) is 2.56. The summed E-state index contributed by atoms with van der Waals surface area (Å²) in [5.74, 6) is -0.847. The minimum Gasteiger partial charge on any atom is -0.462 e. The van der Waals surface area contributed by atoms with Crippen LogP contribution in [-0.2, 0) is 4.74 Å². The molecule has 0 atom stereocenters. The smallest absolute Gasteiger partial charge is 0.343 e. The quantitative estimate of drug-likeness (QED) is 0.550. The highest BCUT2D eigenvalue weighted by molar-refractivity contribution is 6.37. The van der Waals surface area contributed by atoms with Crippen molar-refractivity contribution in [2.45, 2.75) is 13.8 Å². The van der Waals surface area contributed by atoms with E-state index < -0.39 is 11.9 Å². The molecule has 0 saturated heterocycles. The number of benzene rings is 2. The van der Waals surface area contributed by atoms with Crippen molar-refractivity contribution < 1.29 is 19.1 Å². The molecular formula is C18H16Cl2O4. The molecule has 126 valence electrons. The summed E-state index contributed by atoms with van der Waals surface area (Å²) >= 11 is 12.0. The zero-order valence-electron chi connectivity index (χ0n) is 13.2. The minimum atomic E-state index is -0.663. The van der Waals surface area contributed by atoms with Gasteiger partial charge in [0.05, 0.1) is 27.8 Å². The Kier molecular flexibility index (Phi) is 6.23. The van der Waals surface area contributed by atoms with E-state index in [1.807, 2.05) is 13.8 Å². The van der Waals surface area contributed by atoms with Gasteiger partial charge in [-0.1, -0.05) is 49.2 Å². The molecule has 0 N–H and O–H groups in total. The summed E-state index contributed by atoms with van der Waals surface area (Å²) in [5, 5.41) is 0.451.